The Kier molecular flexibility index (Phi) is 7.39. The Hall–Kier alpha value is -7.36. The molecule has 0 radical (unpaired) electrons. The zero-order chi connectivity index (χ0) is 37.1. The topological polar surface area (TPSA) is 35.0 Å². The van der Waals surface area contributed by atoms with Gasteiger partial charge in [-0.1, -0.05) is 176 Å². The van der Waals surface area contributed by atoms with Crippen LogP contribution in [0.2, 0.25) is 0 Å². The summed E-state index contributed by atoms with van der Waals surface area (Å²) in [5.74, 6) is 2.40. The highest BCUT2D eigenvalue weighted by Crippen LogP contribution is 2.62. The van der Waals surface area contributed by atoms with Gasteiger partial charge in [0.2, 0.25) is 0 Å². The van der Waals surface area contributed by atoms with E-state index in [-0.39, 0.29) is 0 Å². The Morgan fingerprint density at radius 2 is 0.732 bits per heavy atom. The zero-order valence-electron chi connectivity index (χ0n) is 30.4. The van der Waals surface area contributed by atoms with Crippen molar-refractivity contribution in [3.05, 3.63) is 229 Å². The molecule has 0 saturated carbocycles. The Morgan fingerprint density at radius 1 is 0.304 bits per heavy atom. The highest BCUT2D eigenvalue weighted by atomic mass is 16.5. The Labute approximate surface area is 326 Å². The highest BCUT2D eigenvalue weighted by Gasteiger charge is 2.51. The van der Waals surface area contributed by atoms with Crippen molar-refractivity contribution in [2.24, 2.45) is 0 Å². The molecule has 11 rings (SSSR count). The smallest absolute Gasteiger partial charge is 0.160 e. The van der Waals surface area contributed by atoms with Crippen LogP contribution in [-0.4, -0.2) is 9.97 Å². The van der Waals surface area contributed by atoms with Crippen molar-refractivity contribution in [2.75, 3.05) is 0 Å². The maximum absolute atomic E-state index is 6.73. The van der Waals surface area contributed by atoms with Crippen LogP contribution < -0.4 is 4.74 Å². The second-order valence-electron chi connectivity index (χ2n) is 14.5. The summed E-state index contributed by atoms with van der Waals surface area (Å²) in [6.07, 6.45) is 0. The molecule has 262 valence electrons. The van der Waals surface area contributed by atoms with Crippen LogP contribution in [0.5, 0.6) is 11.5 Å². The standard InChI is InChI=1S/C53H34N2O/c1-3-13-35(14-4-1)37-23-27-39(28-24-37)48-34-49(55-52(54-48)40-29-25-38(26-30-40)36-15-5-2-6-16-36)41-31-32-51-47(33-41)53(46-21-11-12-22-50(46)56-51)44-19-9-7-17-42(44)43-18-8-10-20-45(43)53/h1-34H. The number of nitrogens with zero attached hydrogens (tertiary/aromatic N) is 2. The van der Waals surface area contributed by atoms with Gasteiger partial charge in [0.15, 0.2) is 5.82 Å². The number of rotatable bonds is 5. The van der Waals surface area contributed by atoms with Crippen LogP contribution in [0.4, 0.5) is 0 Å². The number of benzene rings is 8. The number of fused-ring (bicyclic) bond motifs is 9. The fourth-order valence-electron chi connectivity index (χ4n) is 8.79. The summed E-state index contributed by atoms with van der Waals surface area (Å²) >= 11 is 0. The van der Waals surface area contributed by atoms with Gasteiger partial charge in [0.05, 0.1) is 16.8 Å². The van der Waals surface area contributed by atoms with Gasteiger partial charge in [0.25, 0.3) is 0 Å². The summed E-state index contributed by atoms with van der Waals surface area (Å²) in [7, 11) is 0. The SMILES string of the molecule is c1ccc(-c2ccc(-c3cc(-c4ccc5c(c4)C4(c6ccccc6O5)c5ccccc5-c5ccccc54)nc(-c4ccc(-c5ccccc5)cc4)n3)cc2)cc1. The Balaban J connectivity index is 1.10. The van der Waals surface area contributed by atoms with Crippen molar-refractivity contribution < 1.29 is 4.74 Å². The lowest BCUT2D eigenvalue weighted by molar-refractivity contribution is 0.436. The molecular formula is C53H34N2O. The summed E-state index contributed by atoms with van der Waals surface area (Å²) in [6, 6.07) is 73.0. The van der Waals surface area contributed by atoms with Crippen molar-refractivity contribution in [1.82, 2.24) is 9.97 Å². The van der Waals surface area contributed by atoms with E-state index in [2.05, 4.69) is 194 Å². The third kappa shape index (κ3) is 5.05. The van der Waals surface area contributed by atoms with Crippen molar-refractivity contribution in [1.29, 1.82) is 0 Å². The van der Waals surface area contributed by atoms with E-state index in [0.717, 1.165) is 61.8 Å². The molecule has 1 spiro atoms. The Morgan fingerprint density at radius 3 is 1.34 bits per heavy atom. The summed E-state index contributed by atoms with van der Waals surface area (Å²) in [5, 5.41) is 0. The largest absolute Gasteiger partial charge is 0.457 e. The van der Waals surface area contributed by atoms with Crippen molar-refractivity contribution in [3.8, 4) is 78.8 Å². The summed E-state index contributed by atoms with van der Waals surface area (Å²) in [4.78, 5) is 10.5. The number of hydrogen-bond donors (Lipinski definition) is 0. The van der Waals surface area contributed by atoms with Gasteiger partial charge in [0.1, 0.15) is 11.5 Å². The monoisotopic (exact) mass is 714 g/mol. The maximum Gasteiger partial charge on any atom is 0.160 e. The number of ether oxygens (including phenoxy) is 1. The van der Waals surface area contributed by atoms with E-state index in [1.807, 2.05) is 12.1 Å². The molecule has 0 amide bonds. The molecule has 56 heavy (non-hydrogen) atoms. The molecule has 0 bridgehead atoms. The van der Waals surface area contributed by atoms with Crippen LogP contribution in [0.15, 0.2) is 206 Å². The second-order valence-corrected chi connectivity index (χ2v) is 14.5. The first-order chi connectivity index (χ1) is 27.7. The number of hydrogen-bond acceptors (Lipinski definition) is 3. The minimum Gasteiger partial charge on any atom is -0.457 e. The molecule has 1 aliphatic heterocycles. The van der Waals surface area contributed by atoms with Crippen LogP contribution in [0.3, 0.4) is 0 Å². The predicted molar refractivity (Wildman–Crippen MR) is 227 cm³/mol. The van der Waals surface area contributed by atoms with Gasteiger partial charge >= 0.3 is 0 Å². The van der Waals surface area contributed by atoms with Gasteiger partial charge in [-0.2, -0.15) is 0 Å². The van der Waals surface area contributed by atoms with Crippen molar-refractivity contribution in [2.45, 2.75) is 5.41 Å². The van der Waals surface area contributed by atoms with Gasteiger partial charge in [0, 0.05) is 27.8 Å². The van der Waals surface area contributed by atoms with E-state index >= 15 is 0 Å². The number of aromatic nitrogens is 2. The van der Waals surface area contributed by atoms with E-state index in [1.54, 1.807) is 0 Å². The third-order valence-electron chi connectivity index (χ3n) is 11.4. The van der Waals surface area contributed by atoms with Gasteiger partial charge < -0.3 is 4.74 Å². The second kappa shape index (κ2) is 12.9. The summed E-state index contributed by atoms with van der Waals surface area (Å²) in [5.41, 5.74) is 16.1. The quantitative estimate of drug-likeness (QED) is 0.178. The zero-order valence-corrected chi connectivity index (χ0v) is 30.4. The molecule has 0 fully saturated rings. The van der Waals surface area contributed by atoms with Crippen molar-refractivity contribution >= 4 is 0 Å². The summed E-state index contributed by atoms with van der Waals surface area (Å²) < 4.78 is 6.73. The average Bonchev–Trinajstić information content (AvgIpc) is 3.57. The molecule has 0 atom stereocenters. The van der Waals surface area contributed by atoms with Crippen molar-refractivity contribution in [3.63, 3.8) is 0 Å². The third-order valence-corrected chi connectivity index (χ3v) is 11.4. The van der Waals surface area contributed by atoms with Crippen LogP contribution in [0.1, 0.15) is 22.3 Å². The molecule has 3 nitrogen and oxygen atoms in total. The predicted octanol–water partition coefficient (Wildman–Crippen LogP) is 13.3. The van der Waals surface area contributed by atoms with E-state index in [4.69, 9.17) is 14.7 Å². The first kappa shape index (κ1) is 32.1. The highest BCUT2D eigenvalue weighted by molar-refractivity contribution is 5.89. The molecule has 0 unspecified atom stereocenters. The van der Waals surface area contributed by atoms with Gasteiger partial charge in [-0.15, -0.1) is 0 Å². The van der Waals surface area contributed by atoms with Crippen LogP contribution in [0, 0.1) is 0 Å². The molecule has 3 heteroatoms. The minimum absolute atomic E-state index is 0.563. The minimum atomic E-state index is -0.563. The van der Waals surface area contributed by atoms with Crippen LogP contribution in [0.25, 0.3) is 67.3 Å². The Bertz CT molecular complexity index is 2770. The van der Waals surface area contributed by atoms with E-state index in [9.17, 15) is 0 Å². The molecule has 1 aromatic heterocycles. The molecule has 0 N–H and O–H groups in total. The van der Waals surface area contributed by atoms with Crippen LogP contribution in [-0.2, 0) is 5.41 Å². The first-order valence-corrected chi connectivity index (χ1v) is 19.1. The molecule has 8 aromatic carbocycles. The lowest BCUT2D eigenvalue weighted by atomic mass is 9.66. The van der Waals surface area contributed by atoms with E-state index < -0.39 is 5.41 Å². The number of para-hydroxylation sites is 1. The molecular weight excluding hydrogens is 681 g/mol. The molecule has 0 saturated heterocycles. The normalized spacial score (nSPS) is 12.9. The van der Waals surface area contributed by atoms with Crippen LogP contribution >= 0.6 is 0 Å². The lowest BCUT2D eigenvalue weighted by Gasteiger charge is -2.39. The van der Waals surface area contributed by atoms with E-state index in [1.165, 1.54) is 33.4 Å². The fraction of sp³-hybridized carbons (Fsp3) is 0.0189. The first-order valence-electron chi connectivity index (χ1n) is 19.1. The fourth-order valence-corrected chi connectivity index (χ4v) is 8.79. The van der Waals surface area contributed by atoms with Gasteiger partial charge in [-0.25, -0.2) is 9.97 Å². The molecule has 9 aromatic rings. The van der Waals surface area contributed by atoms with E-state index in [0.29, 0.717) is 5.82 Å². The molecule has 2 heterocycles. The molecule has 2 aliphatic rings. The summed E-state index contributed by atoms with van der Waals surface area (Å²) in [6.45, 7) is 0. The lowest BCUT2D eigenvalue weighted by Crippen LogP contribution is -2.32. The maximum atomic E-state index is 6.73. The van der Waals surface area contributed by atoms with Gasteiger partial charge in [-0.3, -0.25) is 0 Å². The van der Waals surface area contributed by atoms with Gasteiger partial charge in [-0.05, 0) is 74.8 Å². The molecule has 1 aliphatic carbocycles. The average molecular weight is 715 g/mol.